The van der Waals surface area contributed by atoms with E-state index in [9.17, 15) is 14.7 Å². The zero-order valence-corrected chi connectivity index (χ0v) is 19.7. The van der Waals surface area contributed by atoms with Gasteiger partial charge >= 0.3 is 0 Å². The molecule has 0 fully saturated rings. The van der Waals surface area contributed by atoms with E-state index >= 15 is 0 Å². The highest BCUT2D eigenvalue weighted by Crippen LogP contribution is 2.26. The monoisotopic (exact) mass is 466 g/mol. The lowest BCUT2D eigenvalue weighted by Crippen LogP contribution is -2.50. The number of benzene rings is 1. The molecule has 0 aliphatic rings. The van der Waals surface area contributed by atoms with Crippen LogP contribution in [0.2, 0.25) is 25.7 Å². The third-order valence-corrected chi connectivity index (χ3v) is 6.69. The van der Waals surface area contributed by atoms with E-state index in [1.54, 1.807) is 23.5 Å². The van der Waals surface area contributed by atoms with Gasteiger partial charge in [-0.15, -0.1) is 0 Å². The molecule has 1 amide bonds. The predicted molar refractivity (Wildman–Crippen MR) is 118 cm³/mol. The van der Waals surface area contributed by atoms with E-state index in [0.29, 0.717) is 19.0 Å². The zero-order valence-electron chi connectivity index (χ0n) is 17.9. The third kappa shape index (κ3) is 8.70. The van der Waals surface area contributed by atoms with Crippen LogP contribution in [0.5, 0.6) is 11.5 Å². The first-order valence-electron chi connectivity index (χ1n) is 9.80. The number of aliphatic carboxylic acids is 1. The van der Waals surface area contributed by atoms with Crippen molar-refractivity contribution in [1.29, 1.82) is 0 Å². The van der Waals surface area contributed by atoms with Gasteiger partial charge in [0.15, 0.2) is 6.79 Å². The summed E-state index contributed by atoms with van der Waals surface area (Å²) in [5, 5.41) is 26.3. The van der Waals surface area contributed by atoms with Crippen LogP contribution in [0, 0.1) is 0 Å². The number of aliphatic hydroxyl groups is 1. The lowest BCUT2D eigenvalue weighted by molar-refractivity contribution is -0.308. The van der Waals surface area contributed by atoms with Crippen LogP contribution in [-0.4, -0.2) is 51.1 Å². The molecular formula is C21H28NO7SSi-. The molecule has 31 heavy (non-hydrogen) atoms. The maximum absolute atomic E-state index is 12.5. The van der Waals surface area contributed by atoms with Gasteiger partial charge in [0, 0.05) is 20.7 Å². The molecule has 0 spiro atoms. The number of carboxylic acid groups (broad SMARTS) is 1. The van der Waals surface area contributed by atoms with Crippen molar-refractivity contribution in [2.45, 2.75) is 38.3 Å². The van der Waals surface area contributed by atoms with Gasteiger partial charge in [0.2, 0.25) is 0 Å². The summed E-state index contributed by atoms with van der Waals surface area (Å²) in [5.41, 5.74) is 1.11. The van der Waals surface area contributed by atoms with E-state index < -0.39 is 32.6 Å². The molecule has 10 heteroatoms. The molecule has 0 saturated heterocycles. The molecule has 1 heterocycles. The highest BCUT2D eigenvalue weighted by atomic mass is 32.1. The first-order valence-corrected chi connectivity index (χ1v) is 14.5. The van der Waals surface area contributed by atoms with Crippen molar-refractivity contribution >= 4 is 31.3 Å². The smallest absolute Gasteiger partial charge is 0.255 e. The second-order valence-electron chi connectivity index (χ2n) is 8.09. The lowest BCUT2D eigenvalue weighted by atomic mass is 10.1. The summed E-state index contributed by atoms with van der Waals surface area (Å²) in [6, 6.07) is 6.01. The van der Waals surface area contributed by atoms with Crippen LogP contribution >= 0.6 is 11.3 Å². The lowest BCUT2D eigenvalue weighted by Gasteiger charge is -2.19. The number of hydrogen-bond donors (Lipinski definition) is 2. The molecule has 2 N–H and O–H groups in total. The second kappa shape index (κ2) is 11.8. The first-order chi connectivity index (χ1) is 14.7. The molecule has 1 atom stereocenters. The molecule has 2 rings (SSSR count). The number of hydrogen-bond acceptors (Lipinski definition) is 8. The fourth-order valence-electron chi connectivity index (χ4n) is 2.40. The number of thiophene rings is 1. The Kier molecular flexibility index (Phi) is 9.50. The quantitative estimate of drug-likeness (QED) is 0.263. The van der Waals surface area contributed by atoms with Crippen molar-refractivity contribution in [3.63, 3.8) is 0 Å². The minimum atomic E-state index is -1.58. The van der Waals surface area contributed by atoms with E-state index in [0.717, 1.165) is 11.6 Å². The number of rotatable bonds is 13. The van der Waals surface area contributed by atoms with Gasteiger partial charge < -0.3 is 34.5 Å². The topological polar surface area (TPSA) is 117 Å². The Labute approximate surface area is 186 Å². The summed E-state index contributed by atoms with van der Waals surface area (Å²) >= 11 is 1.57. The summed E-state index contributed by atoms with van der Waals surface area (Å²) in [4.78, 5) is 23.6. The minimum absolute atomic E-state index is 0.0668. The van der Waals surface area contributed by atoms with Crippen LogP contribution in [0.4, 0.5) is 0 Å². The summed E-state index contributed by atoms with van der Waals surface area (Å²) in [7, 11) is -1.24. The number of carbonyl (C=O) groups excluding carboxylic acids is 2. The molecule has 0 saturated carbocycles. The maximum atomic E-state index is 12.5. The largest absolute Gasteiger partial charge is 0.548 e. The molecule has 2 aromatic rings. The van der Waals surface area contributed by atoms with Crippen LogP contribution in [0.3, 0.4) is 0 Å². The Balaban J connectivity index is 2.09. The molecule has 1 aromatic carbocycles. The molecule has 1 unspecified atom stereocenters. The van der Waals surface area contributed by atoms with Gasteiger partial charge in [0.05, 0.1) is 24.2 Å². The highest BCUT2D eigenvalue weighted by Gasteiger charge is 2.19. The van der Waals surface area contributed by atoms with Crippen LogP contribution in [0.25, 0.3) is 0 Å². The summed E-state index contributed by atoms with van der Waals surface area (Å²) in [5.74, 6) is -1.63. The first kappa shape index (κ1) is 24.9. The van der Waals surface area contributed by atoms with Gasteiger partial charge in [-0.2, -0.15) is 11.3 Å². The van der Waals surface area contributed by atoms with Gasteiger partial charge in [-0.1, -0.05) is 19.6 Å². The summed E-state index contributed by atoms with van der Waals surface area (Å²) in [6.45, 7) is 6.77. The highest BCUT2D eigenvalue weighted by molar-refractivity contribution is 7.07. The van der Waals surface area contributed by atoms with Crippen molar-refractivity contribution < 1.29 is 34.0 Å². The molecule has 0 aliphatic carbocycles. The van der Waals surface area contributed by atoms with Gasteiger partial charge in [0.1, 0.15) is 18.1 Å². The molecule has 8 nitrogen and oxygen atoms in total. The number of nitrogens with one attached hydrogen (secondary N) is 1. The SMILES string of the molecule is C[Si](C)(C)CCOCOc1cc(OCc2ccsc2)ccc1C(=O)NC(CO)C(=O)[O-]. The van der Waals surface area contributed by atoms with Gasteiger partial charge in [-0.25, -0.2) is 0 Å². The second-order valence-corrected chi connectivity index (χ2v) is 14.5. The summed E-state index contributed by atoms with van der Waals surface area (Å²) < 4.78 is 17.0. The molecule has 0 radical (unpaired) electrons. The molecule has 0 bridgehead atoms. The molecule has 1 aromatic heterocycles. The zero-order chi connectivity index (χ0) is 22.9. The van der Waals surface area contributed by atoms with Gasteiger partial charge in [0.25, 0.3) is 5.91 Å². The fourth-order valence-corrected chi connectivity index (χ4v) is 3.81. The molecule has 170 valence electrons. The van der Waals surface area contributed by atoms with Gasteiger partial charge in [-0.05, 0) is 40.6 Å². The van der Waals surface area contributed by atoms with Gasteiger partial charge in [-0.3, -0.25) is 4.79 Å². The molecule has 0 aliphatic heterocycles. The Morgan fingerprint density at radius 3 is 2.61 bits per heavy atom. The van der Waals surface area contributed by atoms with E-state index in [1.807, 2.05) is 16.8 Å². The van der Waals surface area contributed by atoms with Crippen molar-refractivity contribution in [2.75, 3.05) is 20.0 Å². The number of ether oxygens (including phenoxy) is 3. The van der Waals surface area contributed by atoms with E-state index in [-0.39, 0.29) is 18.1 Å². The number of aliphatic hydroxyl groups excluding tert-OH is 1. The van der Waals surface area contributed by atoms with Crippen molar-refractivity contribution in [3.05, 3.63) is 46.2 Å². The maximum Gasteiger partial charge on any atom is 0.255 e. The summed E-state index contributed by atoms with van der Waals surface area (Å²) in [6.07, 6.45) is 0. The number of carbonyl (C=O) groups is 2. The van der Waals surface area contributed by atoms with Crippen LogP contribution in [0.1, 0.15) is 15.9 Å². The van der Waals surface area contributed by atoms with Crippen molar-refractivity contribution in [3.8, 4) is 11.5 Å². The van der Waals surface area contributed by atoms with E-state index in [1.165, 1.54) is 6.07 Å². The van der Waals surface area contributed by atoms with E-state index in [4.69, 9.17) is 19.3 Å². The number of carboxylic acids is 1. The average Bonchev–Trinajstić information content (AvgIpc) is 3.22. The molecular weight excluding hydrogens is 438 g/mol. The standard InChI is InChI=1S/C21H29NO7SSi/c1-31(2,3)9-7-27-14-29-19-10-16(28-12-15-6-8-30-13-15)4-5-17(19)20(24)22-18(11-23)21(25)26/h4-6,8,10,13,18,23H,7,9,11-12,14H2,1-3H3,(H,22,24)(H,25,26)/p-1. The number of amides is 1. The average molecular weight is 467 g/mol. The van der Waals surface area contributed by atoms with Crippen LogP contribution in [0.15, 0.2) is 35.0 Å². The van der Waals surface area contributed by atoms with Crippen molar-refractivity contribution in [1.82, 2.24) is 5.32 Å². The van der Waals surface area contributed by atoms with E-state index in [2.05, 4.69) is 25.0 Å². The Bertz CT molecular complexity index is 852. The Morgan fingerprint density at radius 1 is 1.23 bits per heavy atom. The van der Waals surface area contributed by atoms with Crippen molar-refractivity contribution in [2.24, 2.45) is 0 Å². The van der Waals surface area contributed by atoms with Crippen LogP contribution < -0.4 is 19.9 Å². The predicted octanol–water partition coefficient (Wildman–Crippen LogP) is 1.86. The third-order valence-electron chi connectivity index (χ3n) is 4.25. The minimum Gasteiger partial charge on any atom is -0.548 e. The normalized spacial score (nSPS) is 12.3. The Morgan fingerprint density at radius 2 is 2.00 bits per heavy atom. The fraction of sp³-hybridized carbons (Fsp3) is 0.429. The Hall–Kier alpha value is -2.40. The van der Waals surface area contributed by atoms with Crippen LogP contribution in [-0.2, 0) is 16.1 Å².